The SMILES string of the molecule is N#Cc1cnc(NCc2ccccc2O)nc1NCC(=O)N[C@@H]1CCNC1. The van der Waals surface area contributed by atoms with Crippen molar-refractivity contribution in [2.75, 3.05) is 30.3 Å². The van der Waals surface area contributed by atoms with Crippen LogP contribution in [0.2, 0.25) is 0 Å². The Bertz CT molecular complexity index is 844. The van der Waals surface area contributed by atoms with E-state index in [1.165, 1.54) is 6.20 Å². The van der Waals surface area contributed by atoms with Gasteiger partial charge in [-0.2, -0.15) is 10.2 Å². The second-order valence-electron chi connectivity index (χ2n) is 6.16. The summed E-state index contributed by atoms with van der Waals surface area (Å²) >= 11 is 0. The second kappa shape index (κ2) is 8.82. The Labute approximate surface area is 156 Å². The van der Waals surface area contributed by atoms with E-state index in [2.05, 4.69) is 31.2 Å². The molecule has 0 aliphatic carbocycles. The fourth-order valence-corrected chi connectivity index (χ4v) is 2.74. The molecule has 9 heteroatoms. The molecule has 0 saturated carbocycles. The fraction of sp³-hybridized carbons (Fsp3) is 0.333. The Morgan fingerprint density at radius 3 is 2.96 bits per heavy atom. The molecule has 5 N–H and O–H groups in total. The highest BCUT2D eigenvalue weighted by Gasteiger charge is 2.17. The molecule has 9 nitrogen and oxygen atoms in total. The van der Waals surface area contributed by atoms with Gasteiger partial charge in [0.1, 0.15) is 23.2 Å². The van der Waals surface area contributed by atoms with Crippen LogP contribution in [-0.4, -0.2) is 46.7 Å². The third kappa shape index (κ3) is 5.05. The smallest absolute Gasteiger partial charge is 0.239 e. The summed E-state index contributed by atoms with van der Waals surface area (Å²) in [5.74, 6) is 0.595. The molecular weight excluding hydrogens is 346 g/mol. The molecule has 0 unspecified atom stereocenters. The number of para-hydroxylation sites is 1. The quantitative estimate of drug-likeness (QED) is 0.479. The zero-order chi connectivity index (χ0) is 19.1. The molecule has 1 atom stereocenters. The number of hydrogen-bond acceptors (Lipinski definition) is 8. The van der Waals surface area contributed by atoms with Gasteiger partial charge < -0.3 is 26.4 Å². The number of hydrogen-bond donors (Lipinski definition) is 5. The van der Waals surface area contributed by atoms with Gasteiger partial charge in [-0.25, -0.2) is 4.98 Å². The largest absolute Gasteiger partial charge is 0.508 e. The zero-order valence-corrected chi connectivity index (χ0v) is 14.7. The summed E-state index contributed by atoms with van der Waals surface area (Å²) in [6.45, 7) is 2.01. The number of nitrogens with zero attached hydrogens (tertiary/aromatic N) is 3. The standard InChI is InChI=1S/C18H21N7O2/c19-7-13-9-23-18(22-8-12-3-1-2-4-15(12)26)25-17(13)21-11-16(27)24-14-5-6-20-10-14/h1-4,9,14,20,26H,5-6,8,10-11H2,(H,24,27)(H2,21,22,23,25)/t14-/m1/s1. The molecule has 1 saturated heterocycles. The van der Waals surface area contributed by atoms with E-state index in [9.17, 15) is 15.2 Å². The molecule has 1 fully saturated rings. The van der Waals surface area contributed by atoms with Crippen molar-refractivity contribution in [3.05, 3.63) is 41.6 Å². The van der Waals surface area contributed by atoms with E-state index in [1.807, 2.05) is 12.1 Å². The summed E-state index contributed by atoms with van der Waals surface area (Å²) in [6.07, 6.45) is 2.30. The minimum absolute atomic E-state index is 0.0150. The van der Waals surface area contributed by atoms with Crippen LogP contribution in [0.25, 0.3) is 0 Å². The number of phenolic OH excluding ortho intramolecular Hbond substituents is 1. The highest BCUT2D eigenvalue weighted by Crippen LogP contribution is 2.18. The van der Waals surface area contributed by atoms with Crippen LogP contribution >= 0.6 is 0 Å². The Morgan fingerprint density at radius 2 is 2.22 bits per heavy atom. The lowest BCUT2D eigenvalue weighted by atomic mass is 10.2. The van der Waals surface area contributed by atoms with Crippen LogP contribution in [0.4, 0.5) is 11.8 Å². The average molecular weight is 367 g/mol. The fourth-order valence-electron chi connectivity index (χ4n) is 2.74. The molecular formula is C18H21N7O2. The van der Waals surface area contributed by atoms with Crippen LogP contribution in [0.1, 0.15) is 17.5 Å². The lowest BCUT2D eigenvalue weighted by molar-refractivity contribution is -0.120. The van der Waals surface area contributed by atoms with Gasteiger partial charge in [-0.05, 0) is 19.0 Å². The lowest BCUT2D eigenvalue weighted by Crippen LogP contribution is -2.39. The number of nitriles is 1. The molecule has 1 amide bonds. The summed E-state index contributed by atoms with van der Waals surface area (Å²) in [6, 6.07) is 9.09. The Kier molecular flexibility index (Phi) is 6.02. The number of aromatic hydroxyl groups is 1. The molecule has 1 aromatic heterocycles. The van der Waals surface area contributed by atoms with E-state index in [0.29, 0.717) is 18.1 Å². The molecule has 1 aliphatic rings. The van der Waals surface area contributed by atoms with Gasteiger partial charge in [-0.15, -0.1) is 0 Å². The first kappa shape index (κ1) is 18.4. The summed E-state index contributed by atoms with van der Waals surface area (Å²) in [5.41, 5.74) is 0.947. The van der Waals surface area contributed by atoms with Gasteiger partial charge in [-0.3, -0.25) is 4.79 Å². The van der Waals surface area contributed by atoms with E-state index in [0.717, 1.165) is 19.5 Å². The van der Waals surface area contributed by atoms with Crippen molar-refractivity contribution in [2.45, 2.75) is 19.0 Å². The molecule has 2 aromatic rings. The molecule has 27 heavy (non-hydrogen) atoms. The van der Waals surface area contributed by atoms with E-state index in [-0.39, 0.29) is 35.6 Å². The predicted octanol–water partition coefficient (Wildman–Crippen LogP) is 0.556. The van der Waals surface area contributed by atoms with Gasteiger partial charge in [-0.1, -0.05) is 18.2 Å². The lowest BCUT2D eigenvalue weighted by Gasteiger charge is -2.13. The first-order valence-electron chi connectivity index (χ1n) is 8.67. The Morgan fingerprint density at radius 1 is 1.37 bits per heavy atom. The van der Waals surface area contributed by atoms with Crippen molar-refractivity contribution < 1.29 is 9.90 Å². The van der Waals surface area contributed by atoms with Gasteiger partial charge in [0, 0.05) is 24.7 Å². The van der Waals surface area contributed by atoms with E-state index in [1.54, 1.807) is 18.2 Å². The van der Waals surface area contributed by atoms with Crippen molar-refractivity contribution in [3.8, 4) is 11.8 Å². The topological polar surface area (TPSA) is 135 Å². The van der Waals surface area contributed by atoms with Gasteiger partial charge in [0.2, 0.25) is 11.9 Å². The number of rotatable bonds is 7. The highest BCUT2D eigenvalue weighted by molar-refractivity contribution is 5.81. The van der Waals surface area contributed by atoms with Crippen molar-refractivity contribution in [3.63, 3.8) is 0 Å². The predicted molar refractivity (Wildman–Crippen MR) is 100 cm³/mol. The maximum absolute atomic E-state index is 12.0. The number of aromatic nitrogens is 2. The minimum atomic E-state index is -0.157. The molecule has 0 spiro atoms. The Hall–Kier alpha value is -3.38. The molecule has 1 aliphatic heterocycles. The third-order valence-corrected chi connectivity index (χ3v) is 4.18. The monoisotopic (exact) mass is 367 g/mol. The van der Waals surface area contributed by atoms with Gasteiger partial charge >= 0.3 is 0 Å². The number of nitrogens with one attached hydrogen (secondary N) is 4. The molecule has 0 radical (unpaired) electrons. The number of anilines is 2. The van der Waals surface area contributed by atoms with Crippen molar-refractivity contribution in [1.82, 2.24) is 20.6 Å². The second-order valence-corrected chi connectivity index (χ2v) is 6.16. The van der Waals surface area contributed by atoms with Crippen LogP contribution in [0.15, 0.2) is 30.5 Å². The van der Waals surface area contributed by atoms with Crippen LogP contribution in [-0.2, 0) is 11.3 Å². The molecule has 140 valence electrons. The summed E-state index contributed by atoms with van der Waals surface area (Å²) in [5, 5.41) is 31.0. The number of benzene rings is 1. The maximum atomic E-state index is 12.0. The van der Waals surface area contributed by atoms with E-state index >= 15 is 0 Å². The molecule has 3 rings (SSSR count). The number of amides is 1. The van der Waals surface area contributed by atoms with Crippen molar-refractivity contribution >= 4 is 17.7 Å². The first-order valence-corrected chi connectivity index (χ1v) is 8.67. The normalized spacial score (nSPS) is 15.7. The number of carbonyl (C=O) groups is 1. The average Bonchev–Trinajstić information content (AvgIpc) is 3.18. The summed E-state index contributed by atoms with van der Waals surface area (Å²) < 4.78 is 0. The van der Waals surface area contributed by atoms with Crippen molar-refractivity contribution in [2.24, 2.45) is 0 Å². The maximum Gasteiger partial charge on any atom is 0.239 e. The van der Waals surface area contributed by atoms with Gasteiger partial charge in [0.05, 0.1) is 12.7 Å². The van der Waals surface area contributed by atoms with Crippen molar-refractivity contribution in [1.29, 1.82) is 5.26 Å². The van der Waals surface area contributed by atoms with Crippen LogP contribution < -0.4 is 21.3 Å². The summed E-state index contributed by atoms with van der Waals surface area (Å²) in [4.78, 5) is 20.4. The molecule has 1 aromatic carbocycles. The summed E-state index contributed by atoms with van der Waals surface area (Å²) in [7, 11) is 0. The highest BCUT2D eigenvalue weighted by atomic mass is 16.3. The molecule has 0 bridgehead atoms. The number of phenols is 1. The number of carbonyl (C=O) groups excluding carboxylic acids is 1. The van der Waals surface area contributed by atoms with Gasteiger partial charge in [0.25, 0.3) is 0 Å². The van der Waals surface area contributed by atoms with Gasteiger partial charge in [0.15, 0.2) is 0 Å². The van der Waals surface area contributed by atoms with Crippen LogP contribution in [0.5, 0.6) is 5.75 Å². The van der Waals surface area contributed by atoms with Crippen LogP contribution in [0.3, 0.4) is 0 Å². The van der Waals surface area contributed by atoms with E-state index in [4.69, 9.17) is 0 Å². The zero-order valence-electron chi connectivity index (χ0n) is 14.7. The Balaban J connectivity index is 1.60. The van der Waals surface area contributed by atoms with E-state index < -0.39 is 0 Å². The van der Waals surface area contributed by atoms with Crippen LogP contribution in [0, 0.1) is 11.3 Å². The third-order valence-electron chi connectivity index (χ3n) is 4.18. The minimum Gasteiger partial charge on any atom is -0.508 e. The molecule has 2 heterocycles. The first-order chi connectivity index (χ1) is 13.2.